The summed E-state index contributed by atoms with van der Waals surface area (Å²) in [5.41, 5.74) is -0.786. The van der Waals surface area contributed by atoms with Gasteiger partial charge in [-0.2, -0.15) is 0 Å². The number of benzene rings is 1. The molecule has 6 rings (SSSR count). The van der Waals surface area contributed by atoms with Gasteiger partial charge >= 0.3 is 6.09 Å². The number of ether oxygens (including phenoxy) is 5. The largest absolute Gasteiger partial charge is 0.497 e. The topological polar surface area (TPSA) is 158 Å². The van der Waals surface area contributed by atoms with Crippen molar-refractivity contribution in [1.82, 2.24) is 20.5 Å². The van der Waals surface area contributed by atoms with Gasteiger partial charge in [-0.3, -0.25) is 9.59 Å². The summed E-state index contributed by atoms with van der Waals surface area (Å²) in [7, 11) is 1.59. The third-order valence-electron chi connectivity index (χ3n) is 10.9. The van der Waals surface area contributed by atoms with E-state index in [0.29, 0.717) is 53.1 Å². The van der Waals surface area contributed by atoms with Gasteiger partial charge in [-0.05, 0) is 71.1 Å². The van der Waals surface area contributed by atoms with Crippen LogP contribution in [0.3, 0.4) is 0 Å². The molecule has 2 aromatic rings. The van der Waals surface area contributed by atoms with Crippen LogP contribution in [0.2, 0.25) is 0 Å². The fourth-order valence-electron chi connectivity index (χ4n) is 8.16. The van der Waals surface area contributed by atoms with Gasteiger partial charge in [-0.25, -0.2) is 9.78 Å². The Hall–Kier alpha value is -4.20. The number of carbonyl (C=O) groups excluding carboxylic acids is 3. The number of fused-ring (bicyclic) bond motifs is 5. The molecule has 0 bridgehead atoms. The molecule has 1 fully saturated rings. The second-order valence-electron chi connectivity index (χ2n) is 16.6. The number of methoxy groups -OCH3 is 1. The van der Waals surface area contributed by atoms with Crippen molar-refractivity contribution in [2.75, 3.05) is 33.7 Å². The zero-order chi connectivity index (χ0) is 39.5. The first kappa shape index (κ1) is 40.5. The summed E-state index contributed by atoms with van der Waals surface area (Å²) in [5.74, 6) is 0.0982. The molecule has 4 aliphatic rings. The monoisotopic (exact) mass is 762 g/mol. The van der Waals surface area contributed by atoms with Crippen molar-refractivity contribution in [2.45, 2.75) is 127 Å². The van der Waals surface area contributed by atoms with Gasteiger partial charge in [0.15, 0.2) is 0 Å². The van der Waals surface area contributed by atoms with Gasteiger partial charge in [0.1, 0.15) is 41.6 Å². The van der Waals surface area contributed by atoms with E-state index in [-0.39, 0.29) is 50.5 Å². The average molecular weight is 763 g/mol. The number of carbonyl (C=O) groups is 3. The molecule has 13 nitrogen and oxygen atoms in total. The SMILES string of the molecule is CCOCOCC12C=CC1C=CCCCCCC(NC(=O)OC(C)(C)C)C(=O)N1CC3(CC(O)c4c(c(C(C)C)nc5ccc(OC)cc45)O3)CC1C(=O)N2. The fourth-order valence-corrected chi connectivity index (χ4v) is 8.16. The third-order valence-corrected chi connectivity index (χ3v) is 10.9. The highest BCUT2D eigenvalue weighted by Crippen LogP contribution is 2.50. The predicted octanol–water partition coefficient (Wildman–Crippen LogP) is 5.99. The van der Waals surface area contributed by atoms with Crippen molar-refractivity contribution >= 4 is 28.8 Å². The van der Waals surface area contributed by atoms with Crippen LogP contribution in [0.4, 0.5) is 4.79 Å². The van der Waals surface area contributed by atoms with Crippen molar-refractivity contribution in [2.24, 2.45) is 5.92 Å². The summed E-state index contributed by atoms with van der Waals surface area (Å²) in [6, 6.07) is 3.61. The maximum atomic E-state index is 14.8. The van der Waals surface area contributed by atoms with E-state index in [1.54, 1.807) is 27.9 Å². The Morgan fingerprint density at radius 2 is 1.95 bits per heavy atom. The Morgan fingerprint density at radius 1 is 1.15 bits per heavy atom. The molecular weight excluding hydrogens is 704 g/mol. The number of hydrogen-bond donors (Lipinski definition) is 3. The summed E-state index contributed by atoms with van der Waals surface area (Å²) in [4.78, 5) is 49.2. The molecule has 1 aromatic carbocycles. The minimum absolute atomic E-state index is 0.00755. The molecule has 1 aliphatic carbocycles. The van der Waals surface area contributed by atoms with Gasteiger partial charge < -0.3 is 44.3 Å². The lowest BCUT2D eigenvalue weighted by atomic mass is 9.74. The lowest BCUT2D eigenvalue weighted by molar-refractivity contribution is -0.141. The number of alkyl carbamates (subject to hydrolysis) is 1. The highest BCUT2D eigenvalue weighted by molar-refractivity contribution is 5.93. The van der Waals surface area contributed by atoms with Crippen molar-refractivity contribution in [3.05, 3.63) is 53.8 Å². The molecule has 6 atom stereocenters. The average Bonchev–Trinajstić information content (AvgIpc) is 3.48. The number of aromatic nitrogens is 1. The van der Waals surface area contributed by atoms with Crippen LogP contribution in [-0.4, -0.2) is 95.4 Å². The predicted molar refractivity (Wildman–Crippen MR) is 207 cm³/mol. The standard InChI is InChI=1S/C42H58N4O9/c1-8-52-25-53-24-42-19-18-27(42)14-12-10-9-11-13-15-31(44-39(50)55-40(4,5)6)38(49)46-23-41(21-32(46)37(48)45-42)22-33(47)34-29-20-28(51-7)16-17-30(29)43-35(26(2)3)36(34)54-41/h12,14,16-20,26-27,31-33,47H,8-11,13,15,21-25H2,1-7H3,(H,44,50)(H,45,48). The van der Waals surface area contributed by atoms with Crippen LogP contribution in [0, 0.1) is 5.92 Å². The van der Waals surface area contributed by atoms with Crippen molar-refractivity contribution in [1.29, 1.82) is 0 Å². The van der Waals surface area contributed by atoms with E-state index in [4.69, 9.17) is 28.7 Å². The van der Waals surface area contributed by atoms with Crippen molar-refractivity contribution in [3.8, 4) is 11.5 Å². The Kier molecular flexibility index (Phi) is 12.1. The molecule has 1 aromatic heterocycles. The van der Waals surface area contributed by atoms with E-state index in [1.165, 1.54) is 4.90 Å². The minimum atomic E-state index is -1.14. The maximum absolute atomic E-state index is 14.8. The van der Waals surface area contributed by atoms with Gasteiger partial charge in [-0.1, -0.05) is 51.0 Å². The van der Waals surface area contributed by atoms with E-state index in [0.717, 1.165) is 19.3 Å². The number of nitrogens with one attached hydrogen (secondary N) is 2. The van der Waals surface area contributed by atoms with Gasteiger partial charge in [-0.15, -0.1) is 0 Å². The Bertz CT molecular complexity index is 1800. The first-order valence-electron chi connectivity index (χ1n) is 19.7. The molecule has 3 N–H and O–H groups in total. The van der Waals surface area contributed by atoms with Crippen LogP contribution in [0.1, 0.15) is 110 Å². The van der Waals surface area contributed by atoms with Gasteiger partial charge in [0.05, 0.1) is 43.1 Å². The molecule has 0 saturated carbocycles. The van der Waals surface area contributed by atoms with Crippen LogP contribution >= 0.6 is 0 Å². The molecule has 1 spiro atoms. The Labute approximate surface area is 324 Å². The number of hydrogen-bond acceptors (Lipinski definition) is 10. The van der Waals surface area contributed by atoms with E-state index in [9.17, 15) is 19.5 Å². The van der Waals surface area contributed by atoms with Crippen LogP contribution < -0.4 is 20.1 Å². The number of amides is 3. The summed E-state index contributed by atoms with van der Waals surface area (Å²) in [6.45, 7) is 12.0. The summed E-state index contributed by atoms with van der Waals surface area (Å²) in [5, 5.41) is 18.9. The Balaban J connectivity index is 1.40. The molecule has 300 valence electrons. The van der Waals surface area contributed by atoms with E-state index < -0.39 is 46.9 Å². The lowest BCUT2D eigenvalue weighted by Crippen LogP contribution is -2.62. The number of allylic oxidation sites excluding steroid dienone is 1. The maximum Gasteiger partial charge on any atom is 0.408 e. The van der Waals surface area contributed by atoms with Crippen LogP contribution in [-0.2, 0) is 23.8 Å². The summed E-state index contributed by atoms with van der Waals surface area (Å²) < 4.78 is 29.5. The minimum Gasteiger partial charge on any atom is -0.497 e. The first-order chi connectivity index (χ1) is 26.2. The van der Waals surface area contributed by atoms with Crippen molar-refractivity contribution in [3.63, 3.8) is 0 Å². The number of rotatable bonds is 8. The quantitative estimate of drug-likeness (QED) is 0.166. The highest BCUT2D eigenvalue weighted by Gasteiger charge is 2.56. The number of aliphatic hydroxyl groups is 1. The molecule has 4 heterocycles. The molecule has 6 unspecified atom stereocenters. The molecule has 3 aliphatic heterocycles. The van der Waals surface area contributed by atoms with Crippen LogP contribution in [0.5, 0.6) is 11.5 Å². The number of nitrogens with zero attached hydrogens (tertiary/aromatic N) is 2. The molecule has 55 heavy (non-hydrogen) atoms. The normalized spacial score (nSPS) is 28.3. The molecular formula is C42H58N4O9. The third kappa shape index (κ3) is 8.79. The van der Waals surface area contributed by atoms with Crippen LogP contribution in [0.15, 0.2) is 42.5 Å². The van der Waals surface area contributed by atoms with E-state index in [2.05, 4.69) is 22.8 Å². The smallest absolute Gasteiger partial charge is 0.408 e. The molecule has 13 heteroatoms. The zero-order valence-electron chi connectivity index (χ0n) is 33.3. The second kappa shape index (κ2) is 16.5. The van der Waals surface area contributed by atoms with Crippen molar-refractivity contribution < 1.29 is 43.2 Å². The van der Waals surface area contributed by atoms with E-state index >= 15 is 0 Å². The summed E-state index contributed by atoms with van der Waals surface area (Å²) >= 11 is 0. The molecule has 0 radical (unpaired) electrons. The second-order valence-corrected chi connectivity index (χ2v) is 16.6. The Morgan fingerprint density at radius 3 is 2.64 bits per heavy atom. The van der Waals surface area contributed by atoms with Gasteiger partial charge in [0.2, 0.25) is 11.8 Å². The molecule has 3 amide bonds. The van der Waals surface area contributed by atoms with Gasteiger partial charge in [0, 0.05) is 36.3 Å². The van der Waals surface area contributed by atoms with Gasteiger partial charge in [0.25, 0.3) is 0 Å². The zero-order valence-corrected chi connectivity index (χ0v) is 33.3. The fraction of sp³-hybridized carbons (Fsp3) is 0.619. The molecule has 1 saturated heterocycles. The van der Waals surface area contributed by atoms with Crippen LogP contribution in [0.25, 0.3) is 10.9 Å². The first-order valence-corrected chi connectivity index (χ1v) is 19.7. The van der Waals surface area contributed by atoms with E-state index in [1.807, 2.05) is 51.1 Å². The number of aliphatic hydroxyl groups excluding tert-OH is 1. The highest BCUT2D eigenvalue weighted by atomic mass is 16.7. The summed E-state index contributed by atoms with van der Waals surface area (Å²) in [6.07, 6.45) is 10.3. The number of pyridine rings is 1. The lowest BCUT2D eigenvalue weighted by Gasteiger charge is -2.43.